The van der Waals surface area contributed by atoms with Gasteiger partial charge in [0.1, 0.15) is 11.8 Å². The number of carboxylic acids is 1. The first-order chi connectivity index (χ1) is 13.4. The van der Waals surface area contributed by atoms with Gasteiger partial charge in [0.2, 0.25) is 0 Å². The summed E-state index contributed by atoms with van der Waals surface area (Å²) in [6.07, 6.45) is 0.457. The molecule has 0 saturated carbocycles. The van der Waals surface area contributed by atoms with E-state index in [1.807, 2.05) is 6.07 Å². The number of nitrogens with one attached hydrogen (secondary N) is 1. The minimum atomic E-state index is -5.40. The Hall–Kier alpha value is -2.84. The number of aromatic carboxylic acids is 1. The number of hydrogen-bond donors (Lipinski definition) is 2. The molecule has 0 amide bonds. The van der Waals surface area contributed by atoms with Gasteiger partial charge in [-0.2, -0.15) is 18.4 Å². The maximum Gasteiger partial charge on any atom is 0.511 e. The second-order valence-corrected chi connectivity index (χ2v) is 7.92. The second-order valence-electron chi connectivity index (χ2n) is 6.17. The first kappa shape index (κ1) is 22.4. The first-order valence-electron chi connectivity index (χ1n) is 8.44. The SMILES string of the molecule is CCc1c(C#N)c(-c2ccc(CCNS(=O)(=O)C(F)(F)F)cc2)c(C(=O)O)n1C. The largest absolute Gasteiger partial charge is 0.511 e. The van der Waals surface area contributed by atoms with Gasteiger partial charge in [-0.1, -0.05) is 31.2 Å². The Labute approximate surface area is 165 Å². The van der Waals surface area contributed by atoms with Crippen LogP contribution in [0.4, 0.5) is 13.2 Å². The molecule has 0 bridgehead atoms. The third-order valence-electron chi connectivity index (χ3n) is 4.42. The Kier molecular flexibility index (Phi) is 6.40. The van der Waals surface area contributed by atoms with Crippen LogP contribution >= 0.6 is 0 Å². The molecule has 1 aromatic heterocycles. The molecule has 2 rings (SSSR count). The number of carboxylic acid groups (broad SMARTS) is 1. The smallest absolute Gasteiger partial charge is 0.477 e. The first-order valence-corrected chi connectivity index (χ1v) is 9.93. The number of nitrogens with zero attached hydrogens (tertiary/aromatic N) is 2. The Morgan fingerprint density at radius 3 is 2.31 bits per heavy atom. The minimum absolute atomic E-state index is 0.00147. The van der Waals surface area contributed by atoms with Crippen molar-refractivity contribution in [1.82, 2.24) is 9.29 Å². The fraction of sp³-hybridized carbons (Fsp3) is 0.333. The molecule has 0 spiro atoms. The molecule has 1 aromatic carbocycles. The van der Waals surface area contributed by atoms with Crippen LogP contribution < -0.4 is 4.72 Å². The van der Waals surface area contributed by atoms with E-state index in [4.69, 9.17) is 0 Å². The summed E-state index contributed by atoms with van der Waals surface area (Å²) in [5.74, 6) is -1.19. The number of aromatic nitrogens is 1. The van der Waals surface area contributed by atoms with Gasteiger partial charge in [0.05, 0.1) is 5.56 Å². The molecule has 29 heavy (non-hydrogen) atoms. The van der Waals surface area contributed by atoms with Crippen LogP contribution in [0.3, 0.4) is 0 Å². The zero-order valence-corrected chi connectivity index (χ0v) is 16.4. The predicted molar refractivity (Wildman–Crippen MR) is 98.6 cm³/mol. The van der Waals surface area contributed by atoms with Crippen LogP contribution in [-0.2, 0) is 29.9 Å². The molecule has 1 heterocycles. The lowest BCUT2D eigenvalue weighted by atomic mass is 9.98. The highest BCUT2D eigenvalue weighted by molar-refractivity contribution is 7.90. The maximum absolute atomic E-state index is 12.3. The van der Waals surface area contributed by atoms with Crippen LogP contribution in [0.1, 0.15) is 34.2 Å². The van der Waals surface area contributed by atoms with E-state index >= 15 is 0 Å². The summed E-state index contributed by atoms with van der Waals surface area (Å²) in [4.78, 5) is 11.7. The lowest BCUT2D eigenvalue weighted by molar-refractivity contribution is -0.0447. The van der Waals surface area contributed by atoms with Crippen LogP contribution in [0.2, 0.25) is 0 Å². The van der Waals surface area contributed by atoms with Crippen molar-refractivity contribution in [3.8, 4) is 17.2 Å². The Bertz CT molecular complexity index is 1070. The Morgan fingerprint density at radius 1 is 1.28 bits per heavy atom. The highest BCUT2D eigenvalue weighted by Crippen LogP contribution is 2.32. The van der Waals surface area contributed by atoms with Crippen molar-refractivity contribution in [2.24, 2.45) is 7.05 Å². The van der Waals surface area contributed by atoms with E-state index in [9.17, 15) is 36.8 Å². The van der Waals surface area contributed by atoms with Crippen LogP contribution in [0.15, 0.2) is 24.3 Å². The van der Waals surface area contributed by atoms with Crippen molar-refractivity contribution in [3.63, 3.8) is 0 Å². The quantitative estimate of drug-likeness (QED) is 0.703. The fourth-order valence-corrected chi connectivity index (χ4v) is 3.58. The third-order valence-corrected chi connectivity index (χ3v) is 5.61. The number of alkyl halides is 3. The number of sulfonamides is 1. The Morgan fingerprint density at radius 2 is 1.86 bits per heavy atom. The average Bonchev–Trinajstić information content (AvgIpc) is 2.92. The van der Waals surface area contributed by atoms with Gasteiger partial charge in [-0.3, -0.25) is 0 Å². The predicted octanol–water partition coefficient (Wildman–Crippen LogP) is 2.81. The van der Waals surface area contributed by atoms with E-state index in [2.05, 4.69) is 0 Å². The molecule has 2 N–H and O–H groups in total. The number of halogens is 3. The van der Waals surface area contributed by atoms with Gasteiger partial charge < -0.3 is 9.67 Å². The van der Waals surface area contributed by atoms with E-state index in [0.717, 1.165) is 0 Å². The molecule has 0 atom stereocenters. The topological polar surface area (TPSA) is 112 Å². The van der Waals surface area contributed by atoms with Crippen molar-refractivity contribution < 1.29 is 31.5 Å². The summed E-state index contributed by atoms with van der Waals surface area (Å²) in [7, 11) is -3.84. The summed E-state index contributed by atoms with van der Waals surface area (Å²) in [6, 6.07) is 8.23. The number of carbonyl (C=O) groups is 1. The average molecular weight is 429 g/mol. The number of benzene rings is 1. The van der Waals surface area contributed by atoms with Crippen LogP contribution in [0.25, 0.3) is 11.1 Å². The molecule has 0 aliphatic heterocycles. The van der Waals surface area contributed by atoms with Gasteiger partial charge in [-0.15, -0.1) is 0 Å². The van der Waals surface area contributed by atoms with Crippen LogP contribution in [-0.4, -0.2) is 36.1 Å². The van der Waals surface area contributed by atoms with Crippen molar-refractivity contribution >= 4 is 16.0 Å². The summed E-state index contributed by atoms with van der Waals surface area (Å²) in [6.45, 7) is 1.35. The lowest BCUT2D eigenvalue weighted by Crippen LogP contribution is -2.37. The summed E-state index contributed by atoms with van der Waals surface area (Å²) >= 11 is 0. The van der Waals surface area contributed by atoms with E-state index in [0.29, 0.717) is 23.2 Å². The standard InChI is InChI=1S/C18H18F3N3O4S/c1-3-14-13(10-22)15(16(17(25)26)24(14)2)12-6-4-11(5-7-12)8-9-23-29(27,28)18(19,20)21/h4-7,23H,3,8-9H2,1-2H3,(H,25,26). The van der Waals surface area contributed by atoms with Crippen molar-refractivity contribution in [1.29, 1.82) is 5.26 Å². The highest BCUT2D eigenvalue weighted by Gasteiger charge is 2.45. The van der Waals surface area contributed by atoms with Gasteiger partial charge in [-0.25, -0.2) is 17.9 Å². The summed E-state index contributed by atoms with van der Waals surface area (Å²) in [5.41, 5.74) is -3.31. The van der Waals surface area contributed by atoms with Gasteiger partial charge in [0, 0.05) is 24.8 Å². The maximum atomic E-state index is 12.3. The normalized spacial score (nSPS) is 12.0. The molecule has 156 valence electrons. The summed E-state index contributed by atoms with van der Waals surface area (Å²) in [5, 5.41) is 19.1. The van der Waals surface area contributed by atoms with Gasteiger partial charge in [-0.05, 0) is 24.0 Å². The number of rotatable bonds is 7. The molecule has 0 unspecified atom stereocenters. The summed E-state index contributed by atoms with van der Waals surface area (Å²) < 4.78 is 61.8. The molecule has 0 aliphatic carbocycles. The van der Waals surface area contributed by atoms with Crippen molar-refractivity contribution in [2.45, 2.75) is 25.3 Å². The van der Waals surface area contributed by atoms with E-state index in [1.165, 1.54) is 9.29 Å². The van der Waals surface area contributed by atoms with Crippen LogP contribution in [0, 0.1) is 11.3 Å². The fourth-order valence-electron chi connectivity index (χ4n) is 3.05. The molecule has 7 nitrogen and oxygen atoms in total. The second kappa shape index (κ2) is 8.26. The van der Waals surface area contributed by atoms with Gasteiger partial charge in [0.25, 0.3) is 0 Å². The van der Waals surface area contributed by atoms with E-state index in [-0.39, 0.29) is 23.2 Å². The van der Waals surface area contributed by atoms with Crippen molar-refractivity contribution in [2.75, 3.05) is 6.54 Å². The van der Waals surface area contributed by atoms with Crippen molar-refractivity contribution in [3.05, 3.63) is 46.8 Å². The van der Waals surface area contributed by atoms with Gasteiger partial charge in [0.15, 0.2) is 0 Å². The minimum Gasteiger partial charge on any atom is -0.477 e. The molecule has 11 heteroatoms. The van der Waals surface area contributed by atoms with E-state index < -0.39 is 28.0 Å². The van der Waals surface area contributed by atoms with E-state index in [1.54, 1.807) is 38.2 Å². The third kappa shape index (κ3) is 4.44. The molecular weight excluding hydrogens is 411 g/mol. The molecule has 2 aromatic rings. The molecule has 0 saturated heterocycles. The molecular formula is C18H18F3N3O4S. The Balaban J connectivity index is 2.30. The molecule has 0 aliphatic rings. The molecule has 0 fully saturated rings. The number of hydrogen-bond acceptors (Lipinski definition) is 4. The molecule has 0 radical (unpaired) electrons. The zero-order valence-electron chi connectivity index (χ0n) is 15.5. The number of nitriles is 1. The lowest BCUT2D eigenvalue weighted by Gasteiger charge is -2.10. The van der Waals surface area contributed by atoms with Gasteiger partial charge >= 0.3 is 21.5 Å². The highest BCUT2D eigenvalue weighted by atomic mass is 32.2. The zero-order chi connectivity index (χ0) is 22.0. The van der Waals surface area contributed by atoms with Crippen LogP contribution in [0.5, 0.6) is 0 Å². The monoisotopic (exact) mass is 429 g/mol.